The highest BCUT2D eigenvalue weighted by Crippen LogP contribution is 2.58. The Morgan fingerprint density at radius 2 is 1.85 bits per heavy atom. The zero-order valence-corrected chi connectivity index (χ0v) is 21.7. The van der Waals surface area contributed by atoms with Gasteiger partial charge in [0.1, 0.15) is 12.0 Å². The molecule has 1 aliphatic heterocycles. The van der Waals surface area contributed by atoms with Crippen molar-refractivity contribution in [2.24, 2.45) is 5.41 Å². The van der Waals surface area contributed by atoms with Crippen molar-refractivity contribution in [1.82, 2.24) is 30.0 Å². The lowest BCUT2D eigenvalue weighted by Crippen LogP contribution is -2.47. The van der Waals surface area contributed by atoms with Crippen LogP contribution in [0.15, 0.2) is 42.9 Å². The van der Waals surface area contributed by atoms with Crippen LogP contribution >= 0.6 is 0 Å². The van der Waals surface area contributed by atoms with Crippen molar-refractivity contribution in [3.05, 3.63) is 54.0 Å². The third-order valence-corrected chi connectivity index (χ3v) is 7.41. The molecule has 1 saturated carbocycles. The highest BCUT2D eigenvalue weighted by atomic mass is 19.4. The van der Waals surface area contributed by atoms with Gasteiger partial charge in [0, 0.05) is 36.6 Å². The summed E-state index contributed by atoms with van der Waals surface area (Å²) in [6, 6.07) is 8.69. The molecule has 208 valence electrons. The van der Waals surface area contributed by atoms with Crippen LogP contribution in [0.5, 0.6) is 0 Å². The van der Waals surface area contributed by atoms with Crippen LogP contribution in [0, 0.1) is 23.7 Å². The average Bonchev–Trinajstić information content (AvgIpc) is 3.66. The van der Waals surface area contributed by atoms with E-state index in [0.717, 1.165) is 11.1 Å². The molecule has 5 rings (SSSR count). The summed E-state index contributed by atoms with van der Waals surface area (Å²) in [5.74, 6) is -0.791. The molecule has 1 saturated heterocycles. The van der Waals surface area contributed by atoms with E-state index in [1.807, 2.05) is 13.0 Å². The van der Waals surface area contributed by atoms with Crippen LogP contribution in [0.4, 0.5) is 24.8 Å². The van der Waals surface area contributed by atoms with E-state index in [1.165, 1.54) is 4.90 Å². The van der Waals surface area contributed by atoms with Crippen LogP contribution in [-0.4, -0.2) is 62.3 Å². The molecule has 2 fully saturated rings. The highest BCUT2D eigenvalue weighted by molar-refractivity contribution is 5.94. The van der Waals surface area contributed by atoms with Gasteiger partial charge in [0.25, 0.3) is 5.91 Å². The fourth-order valence-corrected chi connectivity index (χ4v) is 4.91. The first-order valence-electron chi connectivity index (χ1n) is 12.9. The molecule has 0 atom stereocenters. The van der Waals surface area contributed by atoms with E-state index in [9.17, 15) is 22.8 Å². The number of rotatable bonds is 7. The third kappa shape index (κ3) is 5.34. The first kappa shape index (κ1) is 27.1. The van der Waals surface area contributed by atoms with E-state index in [2.05, 4.69) is 25.7 Å². The number of aryl methyl sites for hydroxylation is 1. The molecule has 3 aromatic rings. The van der Waals surface area contributed by atoms with Crippen LogP contribution in [0.25, 0.3) is 11.3 Å². The maximum absolute atomic E-state index is 13.3. The molecule has 0 spiro atoms. The number of hydrogen-bond donors (Lipinski definition) is 2. The maximum atomic E-state index is 13.3. The number of nitrogens with one attached hydrogen (secondary N) is 2. The van der Waals surface area contributed by atoms with Gasteiger partial charge < -0.3 is 15.5 Å². The lowest BCUT2D eigenvalue weighted by Gasteiger charge is -2.35. The monoisotopic (exact) mass is 552 g/mol. The SMILES string of the molecule is Cc1cnc(Nc2cnn(C3CCN(C(=O)C4(C(F)(F)F)CC4)CC3)c2)nc1-c1ccc(C(=O)NCC#N)cc1. The fraction of sp³-hybridized carbons (Fsp3) is 0.407. The number of halogens is 3. The van der Waals surface area contributed by atoms with Crippen molar-refractivity contribution in [2.75, 3.05) is 25.0 Å². The van der Waals surface area contributed by atoms with Crippen molar-refractivity contribution in [2.45, 2.75) is 44.8 Å². The number of alkyl halides is 3. The van der Waals surface area contributed by atoms with Crippen molar-refractivity contribution in [3.63, 3.8) is 0 Å². The fourth-order valence-electron chi connectivity index (χ4n) is 4.91. The first-order valence-corrected chi connectivity index (χ1v) is 12.9. The number of nitriles is 1. The van der Waals surface area contributed by atoms with Crippen LogP contribution in [-0.2, 0) is 4.79 Å². The number of amides is 2. The molecule has 1 aliphatic carbocycles. The topological polar surface area (TPSA) is 129 Å². The van der Waals surface area contributed by atoms with Crippen LogP contribution in [0.1, 0.15) is 47.6 Å². The van der Waals surface area contributed by atoms with E-state index >= 15 is 0 Å². The van der Waals surface area contributed by atoms with Crippen molar-refractivity contribution >= 4 is 23.5 Å². The van der Waals surface area contributed by atoms with Gasteiger partial charge in [-0.25, -0.2) is 9.97 Å². The molecule has 1 aromatic carbocycles. The van der Waals surface area contributed by atoms with Gasteiger partial charge in [0.05, 0.1) is 29.7 Å². The maximum Gasteiger partial charge on any atom is 0.403 e. The Bertz CT molecular complexity index is 1450. The summed E-state index contributed by atoms with van der Waals surface area (Å²) in [5, 5.41) is 18.7. The van der Waals surface area contributed by atoms with Gasteiger partial charge in [0.15, 0.2) is 0 Å². The Labute approximate surface area is 228 Å². The molecule has 40 heavy (non-hydrogen) atoms. The van der Waals surface area contributed by atoms with Gasteiger partial charge >= 0.3 is 6.18 Å². The zero-order valence-electron chi connectivity index (χ0n) is 21.7. The summed E-state index contributed by atoms with van der Waals surface area (Å²) >= 11 is 0. The van der Waals surface area contributed by atoms with Crippen molar-refractivity contribution in [3.8, 4) is 17.3 Å². The number of aromatic nitrogens is 4. The van der Waals surface area contributed by atoms with Gasteiger partial charge in [0.2, 0.25) is 11.9 Å². The van der Waals surface area contributed by atoms with Crippen LogP contribution in [0.3, 0.4) is 0 Å². The number of carbonyl (C=O) groups excluding carboxylic acids is 2. The van der Waals surface area contributed by atoms with Gasteiger partial charge in [-0.3, -0.25) is 14.3 Å². The minimum absolute atomic E-state index is 0.0426. The minimum Gasteiger partial charge on any atom is -0.342 e. The Balaban J connectivity index is 1.21. The second kappa shape index (κ2) is 10.6. The van der Waals surface area contributed by atoms with E-state index < -0.39 is 17.5 Å². The van der Waals surface area contributed by atoms with E-state index in [4.69, 9.17) is 5.26 Å². The van der Waals surface area contributed by atoms with E-state index in [0.29, 0.717) is 35.7 Å². The summed E-state index contributed by atoms with van der Waals surface area (Å²) in [6.45, 7) is 2.32. The average molecular weight is 553 g/mol. The van der Waals surface area contributed by atoms with Crippen LogP contribution < -0.4 is 10.6 Å². The third-order valence-electron chi connectivity index (χ3n) is 7.41. The second-order valence-electron chi connectivity index (χ2n) is 10.1. The summed E-state index contributed by atoms with van der Waals surface area (Å²) in [5.41, 5.74) is 1.20. The number of carbonyl (C=O) groups is 2. The number of nitrogens with zero attached hydrogens (tertiary/aromatic N) is 6. The Morgan fingerprint density at radius 3 is 2.48 bits per heavy atom. The molecular formula is C27H27F3N8O2. The summed E-state index contributed by atoms with van der Waals surface area (Å²) in [6.07, 6.45) is 1.36. The molecule has 13 heteroatoms. The molecule has 2 amide bonds. The largest absolute Gasteiger partial charge is 0.403 e. The molecule has 2 N–H and O–H groups in total. The molecule has 0 unspecified atom stereocenters. The van der Waals surface area contributed by atoms with Gasteiger partial charge in [-0.15, -0.1) is 0 Å². The number of benzene rings is 1. The molecule has 2 aromatic heterocycles. The number of likely N-dealkylation sites (tertiary alicyclic amines) is 1. The summed E-state index contributed by atoms with van der Waals surface area (Å²) in [7, 11) is 0. The van der Waals surface area contributed by atoms with Gasteiger partial charge in [-0.2, -0.15) is 23.5 Å². The molecule has 2 aliphatic rings. The van der Waals surface area contributed by atoms with Gasteiger partial charge in [-0.05, 0) is 50.3 Å². The highest BCUT2D eigenvalue weighted by Gasteiger charge is 2.69. The lowest BCUT2D eigenvalue weighted by atomic mass is 10.00. The number of piperidine rings is 1. The second-order valence-corrected chi connectivity index (χ2v) is 10.1. The Hall–Kier alpha value is -4.47. The molecule has 10 nitrogen and oxygen atoms in total. The normalized spacial score (nSPS) is 16.7. The summed E-state index contributed by atoms with van der Waals surface area (Å²) < 4.78 is 41.8. The molecule has 3 heterocycles. The molecule has 0 bridgehead atoms. The van der Waals surface area contributed by atoms with Crippen LogP contribution in [0.2, 0.25) is 0 Å². The quantitative estimate of drug-likeness (QED) is 0.422. The van der Waals surface area contributed by atoms with Crippen molar-refractivity contribution in [1.29, 1.82) is 5.26 Å². The predicted molar refractivity (Wildman–Crippen MR) is 138 cm³/mol. The number of hydrogen-bond acceptors (Lipinski definition) is 7. The predicted octanol–water partition coefficient (Wildman–Crippen LogP) is 4.15. The van der Waals surface area contributed by atoms with Crippen molar-refractivity contribution < 1.29 is 22.8 Å². The smallest absolute Gasteiger partial charge is 0.342 e. The summed E-state index contributed by atoms with van der Waals surface area (Å²) in [4.78, 5) is 34.9. The zero-order chi connectivity index (χ0) is 28.5. The Morgan fingerprint density at radius 1 is 1.15 bits per heavy atom. The van der Waals surface area contributed by atoms with E-state index in [-0.39, 0.29) is 44.4 Å². The standard InChI is InChI=1S/C27H27F3N8O2/c1-17-14-33-25(36-22(17)18-2-4-19(5-3-18)23(39)32-11-10-31)35-20-15-34-38(16-20)21-6-12-37(13-7-21)24(40)26(8-9-26)27(28,29)30/h2-5,14-16,21H,6-9,11-13H2,1H3,(H,32,39)(H,33,35,36). The first-order chi connectivity index (χ1) is 19.1. The molecule has 0 radical (unpaired) electrons. The molecular weight excluding hydrogens is 525 g/mol. The minimum atomic E-state index is -4.50. The van der Waals surface area contributed by atoms with E-state index in [1.54, 1.807) is 47.5 Å². The lowest BCUT2D eigenvalue weighted by molar-refractivity contribution is -0.199. The van der Waals surface area contributed by atoms with Gasteiger partial charge in [-0.1, -0.05) is 12.1 Å². The Kier molecular flexibility index (Phi) is 7.18. The number of anilines is 2.